The Morgan fingerprint density at radius 2 is 2.00 bits per heavy atom. The maximum atomic E-state index is 12.0. The topological polar surface area (TPSA) is 100 Å². The third-order valence-electron chi connectivity index (χ3n) is 2.33. The van der Waals surface area contributed by atoms with Gasteiger partial charge < -0.3 is 10.5 Å². The van der Waals surface area contributed by atoms with Crippen molar-refractivity contribution in [3.8, 4) is 0 Å². The molecule has 0 radical (unpaired) electrons. The molecule has 0 saturated carbocycles. The molecular weight excluding hydrogens is 236 g/mol. The number of methoxy groups -OCH3 is 1. The molecule has 0 aromatic carbocycles. The van der Waals surface area contributed by atoms with E-state index in [4.69, 9.17) is 5.73 Å². The predicted octanol–water partition coefficient (Wildman–Crippen LogP) is 0.335. The van der Waals surface area contributed by atoms with Crippen LogP contribution >= 0.6 is 0 Å². The molecule has 7 nitrogen and oxygen atoms in total. The van der Waals surface area contributed by atoms with Gasteiger partial charge in [-0.15, -0.1) is 0 Å². The molecule has 0 bridgehead atoms. The zero-order valence-electron chi connectivity index (χ0n) is 9.53. The smallest absolute Gasteiger partial charge is 0.343 e. The first-order valence-corrected chi connectivity index (χ1v) is 5.01. The molecule has 2 aromatic rings. The highest BCUT2D eigenvalue weighted by molar-refractivity contribution is 6.01. The molecule has 2 aromatic heterocycles. The molecule has 0 fully saturated rings. The summed E-state index contributed by atoms with van der Waals surface area (Å²) in [6.07, 6.45) is 4.16. The Morgan fingerprint density at radius 1 is 1.33 bits per heavy atom. The van der Waals surface area contributed by atoms with Crippen molar-refractivity contribution in [2.24, 2.45) is 0 Å². The second-order valence-corrected chi connectivity index (χ2v) is 3.39. The minimum absolute atomic E-state index is 0.0522. The fourth-order valence-corrected chi connectivity index (χ4v) is 1.40. The largest absolute Gasteiger partial charge is 0.465 e. The van der Waals surface area contributed by atoms with Crippen molar-refractivity contribution in [2.75, 3.05) is 12.8 Å². The number of ether oxygens (including phenoxy) is 1. The average molecular weight is 246 g/mol. The lowest BCUT2D eigenvalue weighted by atomic mass is 10.2. The van der Waals surface area contributed by atoms with Crippen molar-refractivity contribution in [1.82, 2.24) is 14.8 Å². The van der Waals surface area contributed by atoms with E-state index >= 15 is 0 Å². The summed E-state index contributed by atoms with van der Waals surface area (Å²) >= 11 is 0. The van der Waals surface area contributed by atoms with Crippen LogP contribution in [0.1, 0.15) is 20.7 Å². The molecule has 0 atom stereocenters. The number of hydrogen-bond acceptors (Lipinski definition) is 6. The summed E-state index contributed by atoms with van der Waals surface area (Å²) in [7, 11) is 1.23. The van der Waals surface area contributed by atoms with Crippen LogP contribution in [0.2, 0.25) is 0 Å². The second kappa shape index (κ2) is 4.66. The lowest BCUT2D eigenvalue weighted by Crippen LogP contribution is -2.17. The summed E-state index contributed by atoms with van der Waals surface area (Å²) in [4.78, 5) is 27.2. The fourth-order valence-electron chi connectivity index (χ4n) is 1.40. The van der Waals surface area contributed by atoms with Crippen molar-refractivity contribution in [3.63, 3.8) is 0 Å². The summed E-state index contributed by atoms with van der Waals surface area (Å²) in [6, 6.07) is 3.06. The Kier molecular flexibility index (Phi) is 3.05. The average Bonchev–Trinajstić information content (AvgIpc) is 2.80. The molecule has 18 heavy (non-hydrogen) atoms. The Labute approximate surface area is 102 Å². The minimum Gasteiger partial charge on any atom is -0.465 e. The highest BCUT2D eigenvalue weighted by Crippen LogP contribution is 2.13. The van der Waals surface area contributed by atoms with Crippen LogP contribution in [0.5, 0.6) is 0 Å². The minimum atomic E-state index is -0.638. The number of rotatable bonds is 2. The number of pyridine rings is 1. The van der Waals surface area contributed by atoms with Gasteiger partial charge >= 0.3 is 5.97 Å². The summed E-state index contributed by atoms with van der Waals surface area (Å²) in [5, 5.41) is 3.78. The first kappa shape index (κ1) is 11.8. The van der Waals surface area contributed by atoms with Gasteiger partial charge in [0, 0.05) is 18.0 Å². The van der Waals surface area contributed by atoms with E-state index in [1.54, 1.807) is 0 Å². The third kappa shape index (κ3) is 1.93. The molecule has 2 heterocycles. The van der Waals surface area contributed by atoms with Crippen molar-refractivity contribution in [2.45, 2.75) is 0 Å². The van der Waals surface area contributed by atoms with Crippen LogP contribution in [0.25, 0.3) is 0 Å². The summed E-state index contributed by atoms with van der Waals surface area (Å²) < 4.78 is 5.47. The maximum absolute atomic E-state index is 12.0. The summed E-state index contributed by atoms with van der Waals surface area (Å²) in [6.45, 7) is 0. The Hall–Kier alpha value is -2.70. The quantitative estimate of drug-likeness (QED) is 0.766. The second-order valence-electron chi connectivity index (χ2n) is 3.39. The maximum Gasteiger partial charge on any atom is 0.343 e. The predicted molar refractivity (Wildman–Crippen MR) is 61.9 cm³/mol. The van der Waals surface area contributed by atoms with Gasteiger partial charge in [-0.2, -0.15) is 9.78 Å². The number of esters is 1. The molecular formula is C11H10N4O3. The van der Waals surface area contributed by atoms with Crippen LogP contribution < -0.4 is 5.73 Å². The first-order valence-electron chi connectivity index (χ1n) is 5.01. The zero-order chi connectivity index (χ0) is 13.1. The number of aromatic nitrogens is 3. The van der Waals surface area contributed by atoms with E-state index < -0.39 is 11.9 Å². The van der Waals surface area contributed by atoms with Crippen LogP contribution in [-0.2, 0) is 4.74 Å². The van der Waals surface area contributed by atoms with E-state index in [2.05, 4.69) is 14.8 Å². The monoisotopic (exact) mass is 246 g/mol. The third-order valence-corrected chi connectivity index (χ3v) is 2.33. The molecule has 0 saturated heterocycles. The fraction of sp³-hybridized carbons (Fsp3) is 0.0909. The van der Waals surface area contributed by atoms with E-state index in [1.165, 1.54) is 37.8 Å². The highest BCUT2D eigenvalue weighted by atomic mass is 16.5. The number of carbonyl (C=O) groups is 2. The van der Waals surface area contributed by atoms with E-state index in [0.29, 0.717) is 5.56 Å². The molecule has 92 valence electrons. The summed E-state index contributed by atoms with van der Waals surface area (Å²) in [5.41, 5.74) is 6.11. The molecule has 2 N–H and O–H groups in total. The number of carbonyl (C=O) groups excluding carboxylic acids is 2. The number of nitrogen functional groups attached to an aromatic ring is 1. The molecule has 2 rings (SSSR count). The van der Waals surface area contributed by atoms with Crippen LogP contribution in [0.3, 0.4) is 0 Å². The van der Waals surface area contributed by atoms with Gasteiger partial charge in [0.2, 0.25) is 0 Å². The van der Waals surface area contributed by atoms with E-state index in [0.717, 1.165) is 4.68 Å². The van der Waals surface area contributed by atoms with Crippen LogP contribution in [0.15, 0.2) is 30.7 Å². The molecule has 0 aliphatic carbocycles. The van der Waals surface area contributed by atoms with Crippen molar-refractivity contribution in [1.29, 1.82) is 0 Å². The van der Waals surface area contributed by atoms with Gasteiger partial charge in [0.15, 0.2) is 0 Å². The summed E-state index contributed by atoms with van der Waals surface area (Å²) in [5.74, 6) is -1.13. The molecule has 0 unspecified atom stereocenters. The standard InChI is InChI=1S/C11H10N4O3/c1-18-11(17)8-6-14-15(9(8)12)10(16)7-2-4-13-5-3-7/h2-6H,12H2,1H3. The normalized spacial score (nSPS) is 10.1. The van der Waals surface area contributed by atoms with Gasteiger partial charge in [0.1, 0.15) is 11.4 Å². The lowest BCUT2D eigenvalue weighted by molar-refractivity contribution is 0.0602. The van der Waals surface area contributed by atoms with Gasteiger partial charge in [0.25, 0.3) is 5.91 Å². The van der Waals surface area contributed by atoms with Gasteiger partial charge in [-0.05, 0) is 12.1 Å². The van der Waals surface area contributed by atoms with Crippen molar-refractivity contribution < 1.29 is 14.3 Å². The zero-order valence-corrected chi connectivity index (χ0v) is 9.53. The van der Waals surface area contributed by atoms with Crippen molar-refractivity contribution >= 4 is 17.7 Å². The Morgan fingerprint density at radius 3 is 2.61 bits per heavy atom. The van der Waals surface area contributed by atoms with E-state index in [1.807, 2.05) is 0 Å². The first-order chi connectivity index (χ1) is 8.65. The Balaban J connectivity index is 2.39. The number of hydrogen-bond donors (Lipinski definition) is 1. The molecule has 0 spiro atoms. The molecule has 7 heteroatoms. The highest BCUT2D eigenvalue weighted by Gasteiger charge is 2.20. The number of nitrogens with zero attached hydrogens (tertiary/aromatic N) is 3. The number of anilines is 1. The van der Waals surface area contributed by atoms with E-state index in [-0.39, 0.29) is 11.4 Å². The van der Waals surface area contributed by atoms with Crippen LogP contribution in [0, 0.1) is 0 Å². The van der Waals surface area contributed by atoms with Gasteiger partial charge in [-0.25, -0.2) is 4.79 Å². The van der Waals surface area contributed by atoms with Gasteiger partial charge in [-0.3, -0.25) is 9.78 Å². The SMILES string of the molecule is COC(=O)c1cnn(C(=O)c2ccncc2)c1N. The van der Waals surface area contributed by atoms with E-state index in [9.17, 15) is 9.59 Å². The van der Waals surface area contributed by atoms with Crippen LogP contribution in [-0.4, -0.2) is 33.8 Å². The van der Waals surface area contributed by atoms with Gasteiger partial charge in [0.05, 0.1) is 13.3 Å². The molecule has 0 aliphatic rings. The molecule has 0 aliphatic heterocycles. The number of nitrogens with two attached hydrogens (primary N) is 1. The van der Waals surface area contributed by atoms with Crippen molar-refractivity contribution in [3.05, 3.63) is 41.9 Å². The lowest BCUT2D eigenvalue weighted by Gasteiger charge is -2.03. The molecule has 0 amide bonds. The van der Waals surface area contributed by atoms with Crippen LogP contribution in [0.4, 0.5) is 5.82 Å². The Bertz CT molecular complexity index is 592. The van der Waals surface area contributed by atoms with Gasteiger partial charge in [-0.1, -0.05) is 0 Å².